The summed E-state index contributed by atoms with van der Waals surface area (Å²) in [7, 11) is 0. The number of carbonyl (C=O) groups excluding carboxylic acids is 2. The second kappa shape index (κ2) is 7.13. The Morgan fingerprint density at radius 2 is 2.04 bits per heavy atom. The molecule has 142 valence electrons. The summed E-state index contributed by atoms with van der Waals surface area (Å²) in [5.74, 6) is -0.250. The van der Waals surface area contributed by atoms with Crippen molar-refractivity contribution >= 4 is 17.5 Å². The molecule has 2 aromatic rings. The molecule has 2 amide bonds. The topological polar surface area (TPSA) is 87.8 Å². The van der Waals surface area contributed by atoms with E-state index < -0.39 is 5.60 Å². The minimum absolute atomic E-state index is 0.0384. The van der Waals surface area contributed by atoms with Crippen LogP contribution in [0, 0.1) is 6.92 Å². The summed E-state index contributed by atoms with van der Waals surface area (Å²) in [6.45, 7) is 3.86. The van der Waals surface area contributed by atoms with Gasteiger partial charge in [0.05, 0.1) is 26.3 Å². The van der Waals surface area contributed by atoms with Gasteiger partial charge in [0, 0.05) is 18.4 Å². The third kappa shape index (κ3) is 3.58. The van der Waals surface area contributed by atoms with Gasteiger partial charge in [0.15, 0.2) is 0 Å². The van der Waals surface area contributed by atoms with Crippen molar-refractivity contribution in [1.82, 2.24) is 15.1 Å². The minimum atomic E-state index is -0.759. The predicted octanol–water partition coefficient (Wildman–Crippen LogP) is 0.993. The highest BCUT2D eigenvalue weighted by atomic mass is 16.6. The molecule has 1 aromatic carbocycles. The smallest absolute Gasteiger partial charge is 0.272 e. The number of aryl methyl sites for hydroxylation is 1. The Bertz CT molecular complexity index is 821. The molecular formula is C19H22N4O4. The van der Waals surface area contributed by atoms with Crippen LogP contribution in [0.15, 0.2) is 36.5 Å². The fourth-order valence-corrected chi connectivity index (χ4v) is 3.48. The summed E-state index contributed by atoms with van der Waals surface area (Å²) in [5.41, 5.74) is 1.62. The van der Waals surface area contributed by atoms with Crippen molar-refractivity contribution in [2.75, 3.05) is 44.4 Å². The van der Waals surface area contributed by atoms with Crippen LogP contribution in [0.1, 0.15) is 16.1 Å². The third-order valence-electron chi connectivity index (χ3n) is 4.96. The molecule has 1 N–H and O–H groups in total. The zero-order chi connectivity index (χ0) is 18.9. The standard InChI is InChI=1S/C19H22N4O4/c1-14-2-4-15(5-3-14)23-12-19(27-10-17(23)24)11-22(8-9-26-13-19)18(25)16-6-7-20-21-16/h2-7H,8-13H2,1H3,(H,20,21). The maximum atomic E-state index is 12.8. The number of aromatic nitrogens is 2. The van der Waals surface area contributed by atoms with Gasteiger partial charge in [-0.15, -0.1) is 0 Å². The number of hydrogen-bond donors (Lipinski definition) is 1. The van der Waals surface area contributed by atoms with Crippen LogP contribution in [0.2, 0.25) is 0 Å². The zero-order valence-electron chi connectivity index (χ0n) is 15.2. The van der Waals surface area contributed by atoms with E-state index >= 15 is 0 Å². The van der Waals surface area contributed by atoms with E-state index in [0.717, 1.165) is 11.3 Å². The average Bonchev–Trinajstić information content (AvgIpc) is 3.13. The molecule has 1 unspecified atom stereocenters. The number of anilines is 1. The molecule has 8 heteroatoms. The molecule has 1 spiro atoms. The number of morpholine rings is 1. The lowest BCUT2D eigenvalue weighted by Gasteiger charge is -2.42. The first-order chi connectivity index (χ1) is 13.1. The summed E-state index contributed by atoms with van der Waals surface area (Å²) >= 11 is 0. The number of rotatable bonds is 2. The van der Waals surface area contributed by atoms with Gasteiger partial charge < -0.3 is 19.3 Å². The maximum Gasteiger partial charge on any atom is 0.272 e. The van der Waals surface area contributed by atoms with E-state index in [2.05, 4.69) is 10.2 Å². The lowest BCUT2D eigenvalue weighted by atomic mass is 10.0. The highest BCUT2D eigenvalue weighted by Gasteiger charge is 2.44. The molecule has 3 heterocycles. The minimum Gasteiger partial charge on any atom is -0.376 e. The Labute approximate surface area is 157 Å². The van der Waals surface area contributed by atoms with Crippen LogP contribution in [0.25, 0.3) is 0 Å². The Kier molecular flexibility index (Phi) is 4.67. The van der Waals surface area contributed by atoms with Crippen molar-refractivity contribution in [2.45, 2.75) is 12.5 Å². The van der Waals surface area contributed by atoms with Crippen molar-refractivity contribution in [3.63, 3.8) is 0 Å². The quantitative estimate of drug-likeness (QED) is 0.852. The SMILES string of the molecule is Cc1ccc(N2CC3(COCCN(C(=O)c4ccn[nH]4)C3)OCC2=O)cc1. The molecule has 0 aliphatic carbocycles. The van der Waals surface area contributed by atoms with E-state index in [9.17, 15) is 9.59 Å². The number of H-pyrrole nitrogens is 1. The van der Waals surface area contributed by atoms with Crippen LogP contribution in [0.3, 0.4) is 0 Å². The van der Waals surface area contributed by atoms with Gasteiger partial charge in [0.2, 0.25) is 0 Å². The van der Waals surface area contributed by atoms with E-state index in [-0.39, 0.29) is 18.4 Å². The van der Waals surface area contributed by atoms with Crippen LogP contribution >= 0.6 is 0 Å². The van der Waals surface area contributed by atoms with Gasteiger partial charge in [-0.1, -0.05) is 17.7 Å². The van der Waals surface area contributed by atoms with Crippen molar-refractivity contribution in [1.29, 1.82) is 0 Å². The Morgan fingerprint density at radius 1 is 1.22 bits per heavy atom. The van der Waals surface area contributed by atoms with Gasteiger partial charge in [0.1, 0.15) is 17.9 Å². The van der Waals surface area contributed by atoms with Crippen molar-refractivity contribution in [3.8, 4) is 0 Å². The van der Waals surface area contributed by atoms with Gasteiger partial charge in [-0.05, 0) is 25.1 Å². The highest BCUT2D eigenvalue weighted by molar-refractivity contribution is 5.95. The predicted molar refractivity (Wildman–Crippen MR) is 97.5 cm³/mol. The van der Waals surface area contributed by atoms with E-state index in [0.29, 0.717) is 38.5 Å². The first-order valence-corrected chi connectivity index (χ1v) is 8.94. The lowest BCUT2D eigenvalue weighted by Crippen LogP contribution is -2.61. The molecule has 2 aliphatic rings. The number of aromatic amines is 1. The number of benzene rings is 1. The van der Waals surface area contributed by atoms with E-state index in [1.807, 2.05) is 31.2 Å². The Morgan fingerprint density at radius 3 is 2.78 bits per heavy atom. The fourth-order valence-electron chi connectivity index (χ4n) is 3.48. The molecule has 8 nitrogen and oxygen atoms in total. The van der Waals surface area contributed by atoms with E-state index in [4.69, 9.17) is 9.47 Å². The molecule has 1 aromatic heterocycles. The molecule has 2 saturated heterocycles. The normalized spacial score (nSPS) is 23.5. The molecule has 4 rings (SSSR count). The van der Waals surface area contributed by atoms with Crippen LogP contribution < -0.4 is 4.90 Å². The molecule has 2 aliphatic heterocycles. The monoisotopic (exact) mass is 370 g/mol. The Hall–Kier alpha value is -2.71. The molecule has 0 bridgehead atoms. The number of ether oxygens (including phenoxy) is 2. The molecule has 0 saturated carbocycles. The molecular weight excluding hydrogens is 348 g/mol. The molecule has 0 radical (unpaired) electrons. The number of hydrogen-bond acceptors (Lipinski definition) is 5. The van der Waals surface area contributed by atoms with Crippen molar-refractivity contribution < 1.29 is 19.1 Å². The van der Waals surface area contributed by atoms with Crippen LogP contribution in [-0.2, 0) is 14.3 Å². The summed E-state index contributed by atoms with van der Waals surface area (Å²) in [6.07, 6.45) is 1.55. The summed E-state index contributed by atoms with van der Waals surface area (Å²) < 4.78 is 11.7. The van der Waals surface area contributed by atoms with Gasteiger partial charge in [-0.2, -0.15) is 5.10 Å². The van der Waals surface area contributed by atoms with Gasteiger partial charge >= 0.3 is 0 Å². The van der Waals surface area contributed by atoms with E-state index in [1.165, 1.54) is 0 Å². The van der Waals surface area contributed by atoms with Crippen LogP contribution in [-0.4, -0.2) is 72.0 Å². The van der Waals surface area contributed by atoms with Crippen molar-refractivity contribution in [3.05, 3.63) is 47.8 Å². The number of nitrogens with zero attached hydrogens (tertiary/aromatic N) is 3. The van der Waals surface area contributed by atoms with Crippen LogP contribution in [0.5, 0.6) is 0 Å². The zero-order valence-corrected chi connectivity index (χ0v) is 15.2. The summed E-state index contributed by atoms with van der Waals surface area (Å²) in [4.78, 5) is 28.6. The largest absolute Gasteiger partial charge is 0.376 e. The number of amides is 2. The fraction of sp³-hybridized carbons (Fsp3) is 0.421. The first kappa shape index (κ1) is 17.7. The first-order valence-electron chi connectivity index (χ1n) is 8.94. The van der Waals surface area contributed by atoms with Crippen LogP contribution in [0.4, 0.5) is 5.69 Å². The molecule has 1 atom stereocenters. The number of nitrogens with one attached hydrogen (secondary N) is 1. The average molecular weight is 370 g/mol. The second-order valence-corrected chi connectivity index (χ2v) is 7.04. The van der Waals surface area contributed by atoms with Gasteiger partial charge in [-0.3, -0.25) is 14.7 Å². The molecule has 27 heavy (non-hydrogen) atoms. The Balaban J connectivity index is 1.57. The number of carbonyl (C=O) groups is 2. The van der Waals surface area contributed by atoms with Gasteiger partial charge in [0.25, 0.3) is 11.8 Å². The van der Waals surface area contributed by atoms with Crippen molar-refractivity contribution in [2.24, 2.45) is 0 Å². The molecule has 2 fully saturated rings. The summed E-state index contributed by atoms with van der Waals surface area (Å²) in [5, 5.41) is 6.55. The van der Waals surface area contributed by atoms with E-state index in [1.54, 1.807) is 22.1 Å². The summed E-state index contributed by atoms with van der Waals surface area (Å²) in [6, 6.07) is 9.45. The second-order valence-electron chi connectivity index (χ2n) is 7.04. The highest BCUT2D eigenvalue weighted by Crippen LogP contribution is 2.28. The third-order valence-corrected chi connectivity index (χ3v) is 4.96. The lowest BCUT2D eigenvalue weighted by molar-refractivity contribution is -0.145. The van der Waals surface area contributed by atoms with Gasteiger partial charge in [-0.25, -0.2) is 0 Å². The maximum absolute atomic E-state index is 12.8.